The van der Waals surface area contributed by atoms with E-state index < -0.39 is 0 Å². The quantitative estimate of drug-likeness (QED) is 0.732. The molecule has 1 N–H and O–H groups in total. The average molecular weight is 213 g/mol. The Labute approximate surface area is 94.8 Å². The van der Waals surface area contributed by atoms with Crippen LogP contribution < -0.4 is 5.32 Å². The number of rotatable bonds is 6. The number of methoxy groups -OCH3 is 1. The Morgan fingerprint density at radius 1 is 1.27 bits per heavy atom. The fourth-order valence-electron chi connectivity index (χ4n) is 3.32. The maximum absolute atomic E-state index is 5.35. The van der Waals surface area contributed by atoms with Gasteiger partial charge in [-0.25, -0.2) is 0 Å². The predicted molar refractivity (Wildman–Crippen MR) is 65.1 cm³/mol. The van der Waals surface area contributed by atoms with Crippen molar-refractivity contribution in [3.63, 3.8) is 0 Å². The van der Waals surface area contributed by atoms with Gasteiger partial charge in [0, 0.05) is 13.2 Å². The lowest BCUT2D eigenvalue weighted by molar-refractivity contribution is 0.0773. The van der Waals surface area contributed by atoms with Gasteiger partial charge < -0.3 is 10.1 Å². The van der Waals surface area contributed by atoms with Crippen molar-refractivity contribution in [3.8, 4) is 0 Å². The van der Waals surface area contributed by atoms with E-state index >= 15 is 0 Å². The van der Waals surface area contributed by atoms with Crippen LogP contribution in [0.2, 0.25) is 0 Å². The third-order valence-electron chi connectivity index (χ3n) is 3.84. The molecule has 15 heavy (non-hydrogen) atoms. The molecule has 2 heteroatoms. The first kappa shape index (κ1) is 13.0. The molecule has 0 radical (unpaired) electrons. The molecule has 1 fully saturated rings. The Kier molecular flexibility index (Phi) is 5.07. The van der Waals surface area contributed by atoms with Gasteiger partial charge in [0.25, 0.3) is 0 Å². The highest BCUT2D eigenvalue weighted by molar-refractivity contribution is 4.94. The summed E-state index contributed by atoms with van der Waals surface area (Å²) in [5.41, 5.74) is 0.499. The zero-order chi connectivity index (χ0) is 11.3. The molecule has 0 bridgehead atoms. The number of hydrogen-bond donors (Lipinski definition) is 1. The third-order valence-corrected chi connectivity index (χ3v) is 3.84. The Morgan fingerprint density at radius 3 is 2.27 bits per heavy atom. The van der Waals surface area contributed by atoms with Gasteiger partial charge in [-0.3, -0.25) is 0 Å². The van der Waals surface area contributed by atoms with E-state index in [0.29, 0.717) is 11.5 Å². The average Bonchev–Trinajstić information content (AvgIpc) is 2.62. The smallest absolute Gasteiger partial charge is 0.0621 e. The summed E-state index contributed by atoms with van der Waals surface area (Å²) in [6.07, 6.45) is 6.88. The highest BCUT2D eigenvalue weighted by Gasteiger charge is 2.40. The van der Waals surface area contributed by atoms with Crippen molar-refractivity contribution in [2.45, 2.75) is 52.0 Å². The van der Waals surface area contributed by atoms with Crippen LogP contribution in [-0.2, 0) is 4.74 Å². The molecule has 0 aromatic heterocycles. The summed E-state index contributed by atoms with van der Waals surface area (Å²) in [7, 11) is 3.88. The lowest BCUT2D eigenvalue weighted by Crippen LogP contribution is -2.46. The van der Waals surface area contributed by atoms with Crippen molar-refractivity contribution in [1.29, 1.82) is 0 Å². The van der Waals surface area contributed by atoms with Crippen LogP contribution in [-0.4, -0.2) is 26.8 Å². The SMILES string of the molecule is CNC(COC)C1(CC(C)C)CCCC1. The van der Waals surface area contributed by atoms with Crippen molar-refractivity contribution in [1.82, 2.24) is 5.32 Å². The summed E-state index contributed by atoms with van der Waals surface area (Å²) in [6.45, 7) is 5.52. The molecular formula is C13H27NO. The second-order valence-electron chi connectivity index (χ2n) is 5.46. The van der Waals surface area contributed by atoms with Gasteiger partial charge in [0.05, 0.1) is 6.61 Å². The molecule has 1 aliphatic carbocycles. The normalized spacial score (nSPS) is 22.2. The van der Waals surface area contributed by atoms with Gasteiger partial charge >= 0.3 is 0 Å². The Morgan fingerprint density at radius 2 is 1.87 bits per heavy atom. The predicted octanol–water partition coefficient (Wildman–Crippen LogP) is 2.83. The van der Waals surface area contributed by atoms with Gasteiger partial charge in [-0.2, -0.15) is 0 Å². The molecule has 2 nitrogen and oxygen atoms in total. The first-order valence-corrected chi connectivity index (χ1v) is 6.31. The lowest BCUT2D eigenvalue weighted by Gasteiger charge is -2.38. The topological polar surface area (TPSA) is 21.3 Å². The summed E-state index contributed by atoms with van der Waals surface area (Å²) in [5, 5.41) is 3.47. The van der Waals surface area contributed by atoms with Crippen LogP contribution in [0.3, 0.4) is 0 Å². The van der Waals surface area contributed by atoms with Gasteiger partial charge in [0.2, 0.25) is 0 Å². The Balaban J connectivity index is 2.69. The van der Waals surface area contributed by atoms with Crippen molar-refractivity contribution in [2.75, 3.05) is 20.8 Å². The first-order valence-electron chi connectivity index (χ1n) is 6.31. The fraction of sp³-hybridized carbons (Fsp3) is 1.00. The molecule has 0 aliphatic heterocycles. The second kappa shape index (κ2) is 5.86. The molecule has 1 atom stereocenters. The Bertz CT molecular complexity index is 173. The van der Waals surface area contributed by atoms with Gasteiger partial charge in [-0.1, -0.05) is 26.7 Å². The van der Waals surface area contributed by atoms with Crippen molar-refractivity contribution in [2.24, 2.45) is 11.3 Å². The van der Waals surface area contributed by atoms with Crippen LogP contribution in [0.5, 0.6) is 0 Å². The maximum Gasteiger partial charge on any atom is 0.0621 e. The number of likely N-dealkylation sites (N-methyl/N-ethyl adjacent to an activating group) is 1. The largest absolute Gasteiger partial charge is 0.383 e. The number of hydrogen-bond acceptors (Lipinski definition) is 2. The van der Waals surface area contributed by atoms with Crippen LogP contribution in [0.25, 0.3) is 0 Å². The van der Waals surface area contributed by atoms with Crippen LogP contribution in [0.4, 0.5) is 0 Å². The minimum absolute atomic E-state index is 0.499. The molecule has 0 aromatic carbocycles. The van der Waals surface area contributed by atoms with Crippen molar-refractivity contribution >= 4 is 0 Å². The van der Waals surface area contributed by atoms with Crippen LogP contribution in [0.1, 0.15) is 46.0 Å². The molecule has 0 amide bonds. The van der Waals surface area contributed by atoms with Gasteiger partial charge in [-0.15, -0.1) is 0 Å². The van der Waals surface area contributed by atoms with Crippen molar-refractivity contribution < 1.29 is 4.74 Å². The van der Waals surface area contributed by atoms with Crippen LogP contribution >= 0.6 is 0 Å². The molecule has 90 valence electrons. The molecule has 0 aromatic rings. The molecule has 0 spiro atoms. The highest BCUT2D eigenvalue weighted by atomic mass is 16.5. The van der Waals surface area contributed by atoms with E-state index in [2.05, 4.69) is 26.2 Å². The van der Waals surface area contributed by atoms with E-state index in [0.717, 1.165) is 12.5 Å². The number of nitrogens with one attached hydrogen (secondary N) is 1. The summed E-state index contributed by atoms with van der Waals surface area (Å²) in [4.78, 5) is 0. The summed E-state index contributed by atoms with van der Waals surface area (Å²) < 4.78 is 5.35. The van der Waals surface area contributed by atoms with Gasteiger partial charge in [-0.05, 0) is 37.6 Å². The van der Waals surface area contributed by atoms with Gasteiger partial charge in [0.1, 0.15) is 0 Å². The van der Waals surface area contributed by atoms with Crippen LogP contribution in [0.15, 0.2) is 0 Å². The summed E-state index contributed by atoms with van der Waals surface area (Å²) >= 11 is 0. The van der Waals surface area contributed by atoms with Crippen molar-refractivity contribution in [3.05, 3.63) is 0 Å². The third kappa shape index (κ3) is 3.18. The summed E-state index contributed by atoms with van der Waals surface area (Å²) in [6, 6.07) is 0.535. The molecule has 0 saturated heterocycles. The van der Waals surface area contributed by atoms with E-state index in [1.807, 2.05) is 7.11 Å². The molecule has 1 rings (SSSR count). The maximum atomic E-state index is 5.35. The zero-order valence-electron chi connectivity index (χ0n) is 10.8. The Hall–Kier alpha value is -0.0800. The monoisotopic (exact) mass is 213 g/mol. The van der Waals surface area contributed by atoms with E-state index in [1.165, 1.54) is 32.1 Å². The standard InChI is InChI=1S/C13H27NO/c1-11(2)9-13(7-5-6-8-13)12(14-3)10-15-4/h11-12,14H,5-10H2,1-4H3. The molecular weight excluding hydrogens is 186 g/mol. The second-order valence-corrected chi connectivity index (χ2v) is 5.46. The number of ether oxygens (including phenoxy) is 1. The molecule has 0 heterocycles. The molecule has 1 aliphatic rings. The molecule has 1 saturated carbocycles. The molecule has 1 unspecified atom stereocenters. The van der Waals surface area contributed by atoms with Crippen LogP contribution in [0, 0.1) is 11.3 Å². The van der Waals surface area contributed by atoms with Gasteiger partial charge in [0.15, 0.2) is 0 Å². The van der Waals surface area contributed by atoms with E-state index in [4.69, 9.17) is 4.74 Å². The minimum Gasteiger partial charge on any atom is -0.383 e. The van der Waals surface area contributed by atoms with E-state index in [-0.39, 0.29) is 0 Å². The fourth-order valence-corrected chi connectivity index (χ4v) is 3.32. The van der Waals surface area contributed by atoms with E-state index in [9.17, 15) is 0 Å². The lowest BCUT2D eigenvalue weighted by atomic mass is 9.73. The summed E-state index contributed by atoms with van der Waals surface area (Å²) in [5.74, 6) is 0.788. The highest BCUT2D eigenvalue weighted by Crippen LogP contribution is 2.45. The minimum atomic E-state index is 0.499. The zero-order valence-corrected chi connectivity index (χ0v) is 10.8. The van der Waals surface area contributed by atoms with E-state index in [1.54, 1.807) is 0 Å². The first-order chi connectivity index (χ1) is 7.14.